The second-order valence-corrected chi connectivity index (χ2v) is 7.42. The van der Waals surface area contributed by atoms with Crippen LogP contribution in [-0.4, -0.2) is 25.8 Å². The molecular formula is C20H21N5O. The largest absolute Gasteiger partial charge is 0.273 e. The number of carbonyl (C=O) groups is 1. The second kappa shape index (κ2) is 5.83. The molecule has 0 spiro atoms. The van der Waals surface area contributed by atoms with Gasteiger partial charge < -0.3 is 0 Å². The van der Waals surface area contributed by atoms with E-state index < -0.39 is 5.41 Å². The van der Waals surface area contributed by atoms with Gasteiger partial charge in [0.2, 0.25) is 5.91 Å². The van der Waals surface area contributed by atoms with E-state index in [9.17, 15) is 4.79 Å². The molecule has 2 aromatic rings. The van der Waals surface area contributed by atoms with Crippen LogP contribution in [0.3, 0.4) is 0 Å². The quantitative estimate of drug-likeness (QED) is 0.834. The maximum atomic E-state index is 13.2. The molecule has 1 atom stereocenters. The zero-order valence-electron chi connectivity index (χ0n) is 15.4. The first-order valence-corrected chi connectivity index (χ1v) is 8.72. The third-order valence-electron chi connectivity index (χ3n) is 5.20. The van der Waals surface area contributed by atoms with Gasteiger partial charge in [0.15, 0.2) is 5.82 Å². The number of aromatic nitrogens is 4. The van der Waals surface area contributed by atoms with Gasteiger partial charge in [-0.05, 0) is 31.9 Å². The minimum atomic E-state index is -0.483. The second-order valence-electron chi connectivity index (χ2n) is 7.42. The van der Waals surface area contributed by atoms with Gasteiger partial charge in [0, 0.05) is 35.8 Å². The van der Waals surface area contributed by atoms with Crippen molar-refractivity contribution in [3.63, 3.8) is 0 Å². The van der Waals surface area contributed by atoms with Crippen molar-refractivity contribution in [2.45, 2.75) is 34.1 Å². The number of hydrogen-bond donors (Lipinski definition) is 0. The molecule has 0 N–H and O–H groups in total. The lowest BCUT2D eigenvalue weighted by molar-refractivity contribution is -0.125. The van der Waals surface area contributed by atoms with E-state index >= 15 is 0 Å². The molecule has 0 aromatic carbocycles. The molecule has 26 heavy (non-hydrogen) atoms. The molecule has 3 heterocycles. The van der Waals surface area contributed by atoms with Crippen LogP contribution in [0.25, 0.3) is 5.57 Å². The van der Waals surface area contributed by atoms with Crippen molar-refractivity contribution in [2.24, 2.45) is 11.3 Å². The highest BCUT2D eigenvalue weighted by atomic mass is 16.2. The predicted molar refractivity (Wildman–Crippen MR) is 99.0 cm³/mol. The number of aryl methyl sites for hydroxylation is 2. The Labute approximate surface area is 152 Å². The van der Waals surface area contributed by atoms with Gasteiger partial charge in [-0.25, -0.2) is 15.0 Å². The Morgan fingerprint density at radius 1 is 1.12 bits per heavy atom. The first-order chi connectivity index (χ1) is 12.4. The molecule has 1 amide bonds. The van der Waals surface area contributed by atoms with E-state index in [0.29, 0.717) is 5.82 Å². The summed E-state index contributed by atoms with van der Waals surface area (Å²) in [6.07, 6.45) is 12.0. The van der Waals surface area contributed by atoms with E-state index in [0.717, 1.165) is 34.8 Å². The Hall–Kier alpha value is -2.89. The average Bonchev–Trinajstić information content (AvgIpc) is 2.81. The molecule has 2 aromatic heterocycles. The van der Waals surface area contributed by atoms with Crippen LogP contribution >= 0.6 is 0 Å². The van der Waals surface area contributed by atoms with Crippen LogP contribution in [0.5, 0.6) is 0 Å². The zero-order valence-corrected chi connectivity index (χ0v) is 15.4. The maximum Gasteiger partial charge on any atom is 0.238 e. The third kappa shape index (κ3) is 2.53. The summed E-state index contributed by atoms with van der Waals surface area (Å²) in [5.41, 5.74) is 3.26. The van der Waals surface area contributed by atoms with Crippen LogP contribution in [0.15, 0.2) is 42.6 Å². The Balaban J connectivity index is 1.81. The fourth-order valence-electron chi connectivity index (χ4n) is 3.66. The third-order valence-corrected chi connectivity index (χ3v) is 5.20. The number of allylic oxidation sites excluding steroid dienone is 4. The molecule has 1 fully saturated rings. The van der Waals surface area contributed by atoms with Gasteiger partial charge in [-0.2, -0.15) is 0 Å². The number of fused-ring (bicyclic) bond motifs is 1. The zero-order chi connectivity index (χ0) is 18.5. The molecule has 0 saturated carbocycles. The number of rotatable bonds is 2. The number of nitrogens with zero attached hydrogens (tertiary/aromatic N) is 5. The van der Waals surface area contributed by atoms with Gasteiger partial charge in [0.05, 0.1) is 17.3 Å². The fourth-order valence-corrected chi connectivity index (χ4v) is 3.66. The van der Waals surface area contributed by atoms with Crippen molar-refractivity contribution < 1.29 is 4.79 Å². The normalized spacial score (nSPS) is 21.3. The molecule has 0 bridgehead atoms. The van der Waals surface area contributed by atoms with Crippen molar-refractivity contribution in [1.82, 2.24) is 19.9 Å². The van der Waals surface area contributed by atoms with Crippen LogP contribution in [0.2, 0.25) is 0 Å². The van der Waals surface area contributed by atoms with Crippen LogP contribution in [-0.2, 0) is 4.79 Å². The Kier molecular flexibility index (Phi) is 3.72. The van der Waals surface area contributed by atoms with Crippen LogP contribution < -0.4 is 4.90 Å². The predicted octanol–water partition coefficient (Wildman–Crippen LogP) is 3.24. The van der Waals surface area contributed by atoms with Crippen LogP contribution in [0.4, 0.5) is 5.82 Å². The Bertz CT molecular complexity index is 943. The van der Waals surface area contributed by atoms with Crippen molar-refractivity contribution in [3.05, 3.63) is 59.7 Å². The summed E-state index contributed by atoms with van der Waals surface area (Å²) >= 11 is 0. The molecule has 0 radical (unpaired) electrons. The topological polar surface area (TPSA) is 71.9 Å². The molecule has 1 aliphatic heterocycles. The van der Waals surface area contributed by atoms with E-state index in [2.05, 4.69) is 32.1 Å². The lowest BCUT2D eigenvalue weighted by atomic mass is 9.75. The van der Waals surface area contributed by atoms with Gasteiger partial charge in [-0.3, -0.25) is 14.7 Å². The van der Waals surface area contributed by atoms with E-state index in [1.807, 2.05) is 40.1 Å². The highest BCUT2D eigenvalue weighted by Gasteiger charge is 2.51. The van der Waals surface area contributed by atoms with Gasteiger partial charge >= 0.3 is 0 Å². The maximum absolute atomic E-state index is 13.2. The Morgan fingerprint density at radius 2 is 1.85 bits per heavy atom. The van der Waals surface area contributed by atoms with Crippen molar-refractivity contribution in [3.8, 4) is 0 Å². The van der Waals surface area contributed by atoms with Crippen LogP contribution in [0.1, 0.15) is 37.4 Å². The molecule has 132 valence electrons. The molecule has 1 saturated heterocycles. The monoisotopic (exact) mass is 347 g/mol. The first kappa shape index (κ1) is 16.6. The van der Waals surface area contributed by atoms with Crippen molar-refractivity contribution in [2.75, 3.05) is 4.90 Å². The summed E-state index contributed by atoms with van der Waals surface area (Å²) < 4.78 is 0. The van der Waals surface area contributed by atoms with E-state index in [-0.39, 0.29) is 11.8 Å². The molecule has 1 unspecified atom stereocenters. The smallest absolute Gasteiger partial charge is 0.238 e. The molecule has 6 nitrogen and oxygen atoms in total. The highest BCUT2D eigenvalue weighted by Crippen LogP contribution is 2.49. The summed E-state index contributed by atoms with van der Waals surface area (Å²) in [4.78, 5) is 32.2. The van der Waals surface area contributed by atoms with Gasteiger partial charge in [0.25, 0.3) is 0 Å². The fraction of sp³-hybridized carbons (Fsp3) is 0.350. The number of amides is 1. The lowest BCUT2D eigenvalue weighted by Gasteiger charge is -2.25. The SMILES string of the molecule is Cc1cncc(N2C(=O)C(C)(C)C3CC=C(c4cnc(C)nc4)C=C32)n1. The van der Waals surface area contributed by atoms with E-state index in [4.69, 9.17) is 0 Å². The minimum absolute atomic E-state index is 0.0588. The highest BCUT2D eigenvalue weighted by molar-refractivity contribution is 6.04. The molecule has 2 aliphatic rings. The standard InChI is InChI=1S/C20H21N5O/c1-12-8-21-11-18(24-12)25-17-7-14(15-9-22-13(2)23-10-15)5-6-16(17)20(3,4)19(25)26/h5,7-11,16H,6H2,1-4H3. The van der Waals surface area contributed by atoms with Gasteiger partial charge in [-0.15, -0.1) is 0 Å². The summed E-state index contributed by atoms with van der Waals surface area (Å²) in [6.45, 7) is 7.75. The number of carbonyl (C=O) groups excluding carboxylic acids is 1. The van der Waals surface area contributed by atoms with E-state index in [1.165, 1.54) is 0 Å². The molecule has 1 aliphatic carbocycles. The summed E-state index contributed by atoms with van der Waals surface area (Å²) in [6, 6.07) is 0. The first-order valence-electron chi connectivity index (χ1n) is 8.72. The van der Waals surface area contributed by atoms with Gasteiger partial charge in [0.1, 0.15) is 5.82 Å². The minimum Gasteiger partial charge on any atom is -0.273 e. The average molecular weight is 347 g/mol. The van der Waals surface area contributed by atoms with Crippen molar-refractivity contribution >= 4 is 17.3 Å². The summed E-state index contributed by atoms with van der Waals surface area (Å²) in [7, 11) is 0. The molecular weight excluding hydrogens is 326 g/mol. The van der Waals surface area contributed by atoms with Crippen LogP contribution in [0, 0.1) is 25.2 Å². The molecule has 4 rings (SSSR count). The summed E-state index contributed by atoms with van der Waals surface area (Å²) in [5.74, 6) is 1.50. The number of hydrogen-bond acceptors (Lipinski definition) is 5. The lowest BCUT2D eigenvalue weighted by Crippen LogP contribution is -2.32. The molecule has 6 heteroatoms. The van der Waals surface area contributed by atoms with Crippen molar-refractivity contribution in [1.29, 1.82) is 0 Å². The van der Waals surface area contributed by atoms with E-state index in [1.54, 1.807) is 17.3 Å². The van der Waals surface area contributed by atoms with Gasteiger partial charge in [-0.1, -0.05) is 19.9 Å². The number of anilines is 1. The Morgan fingerprint density at radius 3 is 2.54 bits per heavy atom. The summed E-state index contributed by atoms with van der Waals surface area (Å²) in [5, 5.41) is 0.